The molecule has 1 aromatic heterocycles. The normalized spacial score (nSPS) is 9.75. The van der Waals surface area contributed by atoms with Crippen molar-refractivity contribution in [1.82, 2.24) is 9.97 Å². The Bertz CT molecular complexity index is 647. The van der Waals surface area contributed by atoms with Gasteiger partial charge >= 0.3 is 5.97 Å². The number of hydrogen-bond donors (Lipinski definition) is 2. The van der Waals surface area contributed by atoms with Crippen LogP contribution in [0, 0.1) is 11.3 Å². The lowest BCUT2D eigenvalue weighted by Crippen LogP contribution is -2.08. The summed E-state index contributed by atoms with van der Waals surface area (Å²) in [6.07, 6.45) is 2.83. The maximum atomic E-state index is 10.8. The quantitative estimate of drug-likeness (QED) is 0.854. The Labute approximate surface area is 115 Å². The molecule has 0 radical (unpaired) electrons. The van der Waals surface area contributed by atoms with Gasteiger partial charge in [0.1, 0.15) is 11.9 Å². The van der Waals surface area contributed by atoms with Crippen molar-refractivity contribution in [3.63, 3.8) is 0 Å². The molecule has 0 aliphatic rings. The Balaban J connectivity index is 2.06. The van der Waals surface area contributed by atoms with Gasteiger partial charge in [0.25, 0.3) is 0 Å². The van der Waals surface area contributed by atoms with E-state index in [0.717, 1.165) is 11.1 Å². The van der Waals surface area contributed by atoms with Crippen molar-refractivity contribution in [3.05, 3.63) is 53.5 Å². The van der Waals surface area contributed by atoms with E-state index in [9.17, 15) is 4.79 Å². The zero-order chi connectivity index (χ0) is 14.4. The Hall–Kier alpha value is -2.94. The van der Waals surface area contributed by atoms with Crippen LogP contribution in [0.5, 0.6) is 0 Å². The van der Waals surface area contributed by atoms with Crippen LogP contribution in [0.25, 0.3) is 0 Å². The van der Waals surface area contributed by atoms with Crippen LogP contribution in [0.4, 0.5) is 5.82 Å². The summed E-state index contributed by atoms with van der Waals surface area (Å²) in [7, 11) is 0. The van der Waals surface area contributed by atoms with Crippen molar-refractivity contribution >= 4 is 11.8 Å². The van der Waals surface area contributed by atoms with Crippen LogP contribution in [0.2, 0.25) is 0 Å². The highest BCUT2D eigenvalue weighted by molar-refractivity contribution is 5.70. The molecule has 6 heteroatoms. The highest BCUT2D eigenvalue weighted by Gasteiger charge is 2.06. The SMILES string of the molecule is N#Cc1cnc(NCc2ccccc2CC(=O)O)cn1. The molecule has 2 N–H and O–H groups in total. The summed E-state index contributed by atoms with van der Waals surface area (Å²) in [6.45, 7) is 0.448. The summed E-state index contributed by atoms with van der Waals surface area (Å²) in [4.78, 5) is 18.7. The third kappa shape index (κ3) is 3.53. The lowest BCUT2D eigenvalue weighted by atomic mass is 10.0. The molecule has 2 aromatic rings. The average Bonchev–Trinajstić information content (AvgIpc) is 2.46. The zero-order valence-corrected chi connectivity index (χ0v) is 10.6. The molecule has 100 valence electrons. The van der Waals surface area contributed by atoms with Gasteiger partial charge in [-0.05, 0) is 11.1 Å². The van der Waals surface area contributed by atoms with Crippen LogP contribution in [-0.2, 0) is 17.8 Å². The molecule has 0 amide bonds. The van der Waals surface area contributed by atoms with E-state index in [1.807, 2.05) is 24.3 Å². The maximum absolute atomic E-state index is 10.8. The molecule has 0 saturated carbocycles. The van der Waals surface area contributed by atoms with E-state index in [-0.39, 0.29) is 12.1 Å². The first kappa shape index (κ1) is 13.5. The van der Waals surface area contributed by atoms with Gasteiger partial charge in [-0.25, -0.2) is 9.97 Å². The van der Waals surface area contributed by atoms with E-state index in [0.29, 0.717) is 12.4 Å². The number of aliphatic carboxylic acids is 1. The minimum atomic E-state index is -0.865. The third-order valence-electron chi connectivity index (χ3n) is 2.69. The van der Waals surface area contributed by atoms with Gasteiger partial charge in [-0.1, -0.05) is 24.3 Å². The molecule has 0 aliphatic carbocycles. The molecule has 20 heavy (non-hydrogen) atoms. The molecule has 0 fully saturated rings. The number of nitrogens with zero attached hydrogens (tertiary/aromatic N) is 3. The Kier molecular flexibility index (Phi) is 4.24. The second kappa shape index (κ2) is 6.29. The molecule has 6 nitrogen and oxygen atoms in total. The molecule has 2 rings (SSSR count). The van der Waals surface area contributed by atoms with Gasteiger partial charge in [-0.15, -0.1) is 0 Å². The van der Waals surface area contributed by atoms with Crippen molar-refractivity contribution in [2.24, 2.45) is 0 Å². The van der Waals surface area contributed by atoms with E-state index < -0.39 is 5.97 Å². The molecule has 0 saturated heterocycles. The number of hydrogen-bond acceptors (Lipinski definition) is 5. The minimum absolute atomic E-state index is 0.0170. The van der Waals surface area contributed by atoms with E-state index in [4.69, 9.17) is 10.4 Å². The number of carbonyl (C=O) groups is 1. The van der Waals surface area contributed by atoms with Gasteiger partial charge < -0.3 is 10.4 Å². The molecular weight excluding hydrogens is 256 g/mol. The summed E-state index contributed by atoms with van der Waals surface area (Å²) in [6, 6.07) is 9.21. The fraction of sp³-hybridized carbons (Fsp3) is 0.143. The van der Waals surface area contributed by atoms with Gasteiger partial charge in [0, 0.05) is 6.54 Å². The first-order chi connectivity index (χ1) is 9.69. The summed E-state index contributed by atoms with van der Waals surface area (Å²) in [5.74, 6) is -0.329. The second-order valence-electron chi connectivity index (χ2n) is 4.09. The number of benzene rings is 1. The van der Waals surface area contributed by atoms with Crippen molar-refractivity contribution in [3.8, 4) is 6.07 Å². The summed E-state index contributed by atoms with van der Waals surface area (Å²) in [5, 5.41) is 20.5. The van der Waals surface area contributed by atoms with E-state index in [1.165, 1.54) is 12.4 Å². The van der Waals surface area contributed by atoms with Crippen molar-refractivity contribution in [2.75, 3.05) is 5.32 Å². The van der Waals surface area contributed by atoms with Crippen LogP contribution in [-0.4, -0.2) is 21.0 Å². The monoisotopic (exact) mass is 268 g/mol. The number of aromatic nitrogens is 2. The predicted molar refractivity (Wildman–Crippen MR) is 71.9 cm³/mol. The lowest BCUT2D eigenvalue weighted by molar-refractivity contribution is -0.136. The number of nitrogens with one attached hydrogen (secondary N) is 1. The van der Waals surface area contributed by atoms with Crippen molar-refractivity contribution < 1.29 is 9.90 Å². The topological polar surface area (TPSA) is 98.9 Å². The minimum Gasteiger partial charge on any atom is -0.481 e. The lowest BCUT2D eigenvalue weighted by Gasteiger charge is -2.09. The molecule has 1 aromatic carbocycles. The fourth-order valence-corrected chi connectivity index (χ4v) is 1.73. The standard InChI is InChI=1S/C14H12N4O2/c15-6-12-8-18-13(9-16-12)17-7-11-4-2-1-3-10(11)5-14(19)20/h1-4,8-9H,5,7H2,(H,17,18)(H,19,20). The first-order valence-corrected chi connectivity index (χ1v) is 5.93. The van der Waals surface area contributed by atoms with E-state index in [2.05, 4.69) is 15.3 Å². The van der Waals surface area contributed by atoms with Crippen molar-refractivity contribution in [2.45, 2.75) is 13.0 Å². The number of nitriles is 1. The largest absolute Gasteiger partial charge is 0.481 e. The smallest absolute Gasteiger partial charge is 0.307 e. The molecule has 0 aliphatic heterocycles. The van der Waals surface area contributed by atoms with Crippen LogP contribution in [0.1, 0.15) is 16.8 Å². The number of carboxylic acid groups (broad SMARTS) is 1. The van der Waals surface area contributed by atoms with Gasteiger partial charge in [-0.3, -0.25) is 4.79 Å². The first-order valence-electron chi connectivity index (χ1n) is 5.93. The van der Waals surface area contributed by atoms with Crippen LogP contribution in [0.15, 0.2) is 36.7 Å². The molecule has 0 atom stereocenters. The fourth-order valence-electron chi connectivity index (χ4n) is 1.73. The number of anilines is 1. The Morgan fingerprint density at radius 2 is 2.00 bits per heavy atom. The van der Waals surface area contributed by atoms with Crippen LogP contribution < -0.4 is 5.32 Å². The van der Waals surface area contributed by atoms with Gasteiger partial charge in [0.2, 0.25) is 0 Å². The number of rotatable bonds is 5. The van der Waals surface area contributed by atoms with E-state index in [1.54, 1.807) is 6.07 Å². The van der Waals surface area contributed by atoms with E-state index >= 15 is 0 Å². The van der Waals surface area contributed by atoms with Crippen LogP contribution >= 0.6 is 0 Å². The molecular formula is C14H12N4O2. The Morgan fingerprint density at radius 3 is 2.60 bits per heavy atom. The maximum Gasteiger partial charge on any atom is 0.307 e. The number of carboxylic acids is 1. The van der Waals surface area contributed by atoms with Gasteiger partial charge in [0.05, 0.1) is 18.8 Å². The van der Waals surface area contributed by atoms with Gasteiger partial charge in [-0.2, -0.15) is 5.26 Å². The highest BCUT2D eigenvalue weighted by Crippen LogP contribution is 2.12. The zero-order valence-electron chi connectivity index (χ0n) is 10.6. The van der Waals surface area contributed by atoms with Gasteiger partial charge in [0.15, 0.2) is 5.69 Å². The predicted octanol–water partition coefficient (Wildman–Crippen LogP) is 1.59. The summed E-state index contributed by atoms with van der Waals surface area (Å²) in [5.41, 5.74) is 1.90. The average molecular weight is 268 g/mol. The molecule has 0 spiro atoms. The highest BCUT2D eigenvalue weighted by atomic mass is 16.4. The molecule has 0 unspecified atom stereocenters. The summed E-state index contributed by atoms with van der Waals surface area (Å²) >= 11 is 0. The Morgan fingerprint density at radius 1 is 1.25 bits per heavy atom. The van der Waals surface area contributed by atoms with Crippen molar-refractivity contribution in [1.29, 1.82) is 5.26 Å². The third-order valence-corrected chi connectivity index (χ3v) is 2.69. The summed E-state index contributed by atoms with van der Waals surface area (Å²) < 4.78 is 0. The molecule has 0 bridgehead atoms. The van der Waals surface area contributed by atoms with Crippen LogP contribution in [0.3, 0.4) is 0 Å². The second-order valence-corrected chi connectivity index (χ2v) is 4.09. The molecule has 1 heterocycles.